The van der Waals surface area contributed by atoms with Gasteiger partial charge in [0.25, 0.3) is 0 Å². The molecule has 2 aromatic carbocycles. The molecule has 0 saturated heterocycles. The molecule has 1 radical (unpaired) electrons. The van der Waals surface area contributed by atoms with Gasteiger partial charge in [-0.25, -0.2) is 5.11 Å². The number of fused-ring (bicyclic) bond motifs is 1. The summed E-state index contributed by atoms with van der Waals surface area (Å²) in [5, 5.41) is 13.0. The van der Waals surface area contributed by atoms with Crippen LogP contribution in [0.4, 0.5) is 0 Å². The van der Waals surface area contributed by atoms with Crippen LogP contribution < -0.4 is 0 Å². The summed E-state index contributed by atoms with van der Waals surface area (Å²) in [6.45, 7) is -0.159. The topological polar surface area (TPSA) is 19.9 Å². The summed E-state index contributed by atoms with van der Waals surface area (Å²) in [6.07, 6.45) is 0. The predicted octanol–water partition coefficient (Wildman–Crippen LogP) is 3.53. The van der Waals surface area contributed by atoms with Crippen molar-refractivity contribution in [1.29, 1.82) is 0 Å². The third-order valence-corrected chi connectivity index (χ3v) is 2.81. The van der Waals surface area contributed by atoms with E-state index in [0.29, 0.717) is 0 Å². The second kappa shape index (κ2) is 3.48. The highest BCUT2D eigenvalue weighted by Crippen LogP contribution is 2.26. The van der Waals surface area contributed by atoms with Gasteiger partial charge >= 0.3 is 0 Å². The summed E-state index contributed by atoms with van der Waals surface area (Å²) < 4.78 is 1.04. The van der Waals surface area contributed by atoms with E-state index in [9.17, 15) is 5.11 Å². The van der Waals surface area contributed by atoms with Crippen molar-refractivity contribution in [2.24, 2.45) is 0 Å². The maximum atomic E-state index is 10.8. The molecule has 0 heterocycles. The third-order valence-electron chi connectivity index (χ3n) is 2.12. The van der Waals surface area contributed by atoms with Gasteiger partial charge in [0, 0.05) is 4.47 Å². The van der Waals surface area contributed by atoms with E-state index in [4.69, 9.17) is 0 Å². The second-order valence-corrected chi connectivity index (χ2v) is 3.75. The van der Waals surface area contributed by atoms with Gasteiger partial charge < -0.3 is 0 Å². The molecule has 65 valence electrons. The van der Waals surface area contributed by atoms with Gasteiger partial charge in [-0.05, 0) is 22.4 Å². The molecule has 2 rings (SSSR count). The Morgan fingerprint density at radius 1 is 1.00 bits per heavy atom. The predicted molar refractivity (Wildman–Crippen MR) is 56.0 cm³/mol. The molecule has 0 spiro atoms. The van der Waals surface area contributed by atoms with E-state index in [1.807, 2.05) is 36.4 Å². The van der Waals surface area contributed by atoms with Gasteiger partial charge in [0.2, 0.25) is 0 Å². The average Bonchev–Trinajstić information content (AvgIpc) is 2.19. The van der Waals surface area contributed by atoms with E-state index in [2.05, 4.69) is 15.9 Å². The van der Waals surface area contributed by atoms with Gasteiger partial charge in [-0.1, -0.05) is 46.3 Å². The van der Waals surface area contributed by atoms with Crippen LogP contribution in [-0.4, -0.2) is 0 Å². The monoisotopic (exact) mass is 235 g/mol. The molecule has 0 aliphatic carbocycles. The zero-order valence-corrected chi connectivity index (χ0v) is 8.54. The van der Waals surface area contributed by atoms with Crippen molar-refractivity contribution in [2.45, 2.75) is 6.61 Å². The Kier molecular flexibility index (Phi) is 2.34. The molecule has 0 atom stereocenters. The van der Waals surface area contributed by atoms with E-state index < -0.39 is 0 Å². The van der Waals surface area contributed by atoms with Crippen LogP contribution in [-0.2, 0) is 11.7 Å². The molecule has 2 aromatic rings. The molecule has 0 unspecified atom stereocenters. The first-order chi connectivity index (χ1) is 6.33. The van der Waals surface area contributed by atoms with E-state index in [1.54, 1.807) is 0 Å². The van der Waals surface area contributed by atoms with Gasteiger partial charge in [0.15, 0.2) is 0 Å². The van der Waals surface area contributed by atoms with Crippen LogP contribution in [0.1, 0.15) is 5.56 Å². The molecule has 0 saturated carbocycles. The van der Waals surface area contributed by atoms with E-state index in [1.165, 1.54) is 0 Å². The Bertz CT molecular complexity index is 437. The van der Waals surface area contributed by atoms with Crippen LogP contribution in [0, 0.1) is 0 Å². The fourth-order valence-corrected chi connectivity index (χ4v) is 1.93. The summed E-state index contributed by atoms with van der Waals surface area (Å²) in [5.74, 6) is 0. The highest BCUT2D eigenvalue weighted by atomic mass is 79.9. The first kappa shape index (κ1) is 8.73. The van der Waals surface area contributed by atoms with Crippen LogP contribution in [0.2, 0.25) is 0 Å². The molecule has 0 aromatic heterocycles. The van der Waals surface area contributed by atoms with Crippen molar-refractivity contribution in [3.8, 4) is 0 Å². The molecule has 0 aliphatic rings. The summed E-state index contributed by atoms with van der Waals surface area (Å²) >= 11 is 3.46. The Morgan fingerprint density at radius 2 is 1.69 bits per heavy atom. The molecule has 2 heteroatoms. The smallest absolute Gasteiger partial charge is 0.108 e. The fourth-order valence-electron chi connectivity index (χ4n) is 1.45. The molecule has 0 fully saturated rings. The highest BCUT2D eigenvalue weighted by Gasteiger charge is 2.02. The van der Waals surface area contributed by atoms with Gasteiger partial charge in [0.1, 0.15) is 6.61 Å². The molecule has 13 heavy (non-hydrogen) atoms. The van der Waals surface area contributed by atoms with Gasteiger partial charge in [-0.15, -0.1) is 0 Å². The number of hydrogen-bond acceptors (Lipinski definition) is 0. The third kappa shape index (κ3) is 1.47. The molecule has 0 amide bonds. The lowest BCUT2D eigenvalue weighted by Crippen LogP contribution is -1.84. The van der Waals surface area contributed by atoms with Crippen LogP contribution in [0.25, 0.3) is 10.8 Å². The van der Waals surface area contributed by atoms with Crippen LogP contribution in [0.5, 0.6) is 0 Å². The zero-order valence-electron chi connectivity index (χ0n) is 6.96. The SMILES string of the molecule is [O]Cc1ccc(Br)c2ccccc12. The Hall–Kier alpha value is -0.860. The van der Waals surface area contributed by atoms with Crippen molar-refractivity contribution in [1.82, 2.24) is 0 Å². The van der Waals surface area contributed by atoms with Crippen LogP contribution in [0.15, 0.2) is 40.9 Å². The number of benzene rings is 2. The Balaban J connectivity index is 2.84. The minimum absolute atomic E-state index is 0.159. The summed E-state index contributed by atoms with van der Waals surface area (Å²) in [6, 6.07) is 11.7. The van der Waals surface area contributed by atoms with Gasteiger partial charge in [-0.2, -0.15) is 0 Å². The lowest BCUT2D eigenvalue weighted by molar-refractivity contribution is 0.179. The number of rotatable bonds is 1. The van der Waals surface area contributed by atoms with Crippen molar-refractivity contribution in [3.63, 3.8) is 0 Å². The minimum atomic E-state index is -0.159. The Labute approximate surface area is 85.1 Å². The molecule has 0 N–H and O–H groups in total. The summed E-state index contributed by atoms with van der Waals surface area (Å²) in [4.78, 5) is 0. The quantitative estimate of drug-likeness (QED) is 0.721. The second-order valence-electron chi connectivity index (χ2n) is 2.90. The van der Waals surface area contributed by atoms with Gasteiger partial charge in [0.05, 0.1) is 0 Å². The molecule has 1 nitrogen and oxygen atoms in total. The van der Waals surface area contributed by atoms with Crippen molar-refractivity contribution < 1.29 is 5.11 Å². The standard InChI is InChI=1S/C11H8BrO/c12-11-6-5-8(7-13)9-3-1-2-4-10(9)11/h1-6H,7H2. The largest absolute Gasteiger partial charge is 0.232 e. The fraction of sp³-hybridized carbons (Fsp3) is 0.0909. The lowest BCUT2D eigenvalue weighted by Gasteiger charge is -2.04. The average molecular weight is 236 g/mol. The van der Waals surface area contributed by atoms with Gasteiger partial charge in [-0.3, -0.25) is 0 Å². The zero-order chi connectivity index (χ0) is 9.26. The maximum Gasteiger partial charge on any atom is 0.108 e. The summed E-state index contributed by atoms with van der Waals surface area (Å²) in [7, 11) is 0. The molecule has 0 bridgehead atoms. The van der Waals surface area contributed by atoms with Crippen molar-refractivity contribution in [3.05, 3.63) is 46.4 Å². The number of hydrogen-bond donors (Lipinski definition) is 0. The van der Waals surface area contributed by atoms with Crippen LogP contribution in [0.3, 0.4) is 0 Å². The first-order valence-corrected chi connectivity index (χ1v) is 4.86. The minimum Gasteiger partial charge on any atom is -0.232 e. The van der Waals surface area contributed by atoms with E-state index in [-0.39, 0.29) is 6.61 Å². The molecular weight excluding hydrogens is 228 g/mol. The molecule has 0 aliphatic heterocycles. The van der Waals surface area contributed by atoms with Crippen molar-refractivity contribution >= 4 is 26.7 Å². The molecular formula is C11H8BrO. The Morgan fingerprint density at radius 3 is 2.38 bits per heavy atom. The maximum absolute atomic E-state index is 10.8. The van der Waals surface area contributed by atoms with Crippen molar-refractivity contribution in [2.75, 3.05) is 0 Å². The van der Waals surface area contributed by atoms with Crippen LogP contribution >= 0.6 is 15.9 Å². The van der Waals surface area contributed by atoms with E-state index in [0.717, 1.165) is 20.8 Å². The summed E-state index contributed by atoms with van der Waals surface area (Å²) in [5.41, 5.74) is 0.860. The first-order valence-electron chi connectivity index (χ1n) is 4.07. The highest BCUT2D eigenvalue weighted by molar-refractivity contribution is 9.10. The lowest BCUT2D eigenvalue weighted by atomic mass is 10.1. The normalized spacial score (nSPS) is 10.6. The van der Waals surface area contributed by atoms with E-state index >= 15 is 0 Å². The number of halogens is 1.